The summed E-state index contributed by atoms with van der Waals surface area (Å²) in [6, 6.07) is 4.38. The summed E-state index contributed by atoms with van der Waals surface area (Å²) in [5.74, 6) is -1.13. The van der Waals surface area contributed by atoms with E-state index >= 15 is 0 Å². The zero-order valence-corrected chi connectivity index (χ0v) is 18.0. The topological polar surface area (TPSA) is 122 Å². The van der Waals surface area contributed by atoms with Crippen molar-refractivity contribution in [1.29, 1.82) is 0 Å². The Morgan fingerprint density at radius 1 is 1.06 bits per heavy atom. The minimum atomic E-state index is -0.648. The van der Waals surface area contributed by atoms with Crippen molar-refractivity contribution in [2.24, 2.45) is 5.73 Å². The van der Waals surface area contributed by atoms with Crippen molar-refractivity contribution in [2.75, 3.05) is 13.1 Å². The molecular formula is C23H32N4O4. The van der Waals surface area contributed by atoms with Crippen molar-refractivity contribution in [3.05, 3.63) is 34.9 Å². The van der Waals surface area contributed by atoms with Crippen LogP contribution < -0.4 is 16.4 Å². The van der Waals surface area contributed by atoms with E-state index in [1.807, 2.05) is 0 Å². The predicted octanol–water partition coefficient (Wildman–Crippen LogP) is 1.87. The fraction of sp³-hybridized carbons (Fsp3) is 0.565. The number of carbonyl (C=O) groups is 4. The monoisotopic (exact) mass is 428 g/mol. The number of unbranched alkanes of at least 4 members (excludes halogenated alkanes) is 6. The largest absolute Gasteiger partial charge is 0.352 e. The normalized spacial score (nSPS) is 18.2. The third-order valence-corrected chi connectivity index (χ3v) is 5.95. The van der Waals surface area contributed by atoms with Crippen molar-refractivity contribution in [3.8, 4) is 0 Å². The number of hydrogen-bond acceptors (Lipinski definition) is 5. The number of rotatable bonds is 11. The Bertz CT molecular complexity index is 839. The molecule has 1 fully saturated rings. The molecule has 1 aromatic rings. The average Bonchev–Trinajstić information content (AvgIpc) is 3.08. The maximum Gasteiger partial charge on any atom is 0.255 e. The van der Waals surface area contributed by atoms with Gasteiger partial charge in [-0.05, 0) is 49.6 Å². The zero-order valence-electron chi connectivity index (χ0n) is 18.0. The molecule has 0 bridgehead atoms. The molecule has 0 saturated carbocycles. The molecule has 1 unspecified atom stereocenters. The third kappa shape index (κ3) is 5.91. The van der Waals surface area contributed by atoms with Crippen LogP contribution in [0.5, 0.6) is 0 Å². The number of benzene rings is 1. The number of fused-ring (bicyclic) bond motifs is 1. The smallest absolute Gasteiger partial charge is 0.255 e. The van der Waals surface area contributed by atoms with Gasteiger partial charge in [-0.15, -0.1) is 0 Å². The molecule has 2 aliphatic rings. The van der Waals surface area contributed by atoms with Gasteiger partial charge in [-0.2, -0.15) is 0 Å². The van der Waals surface area contributed by atoms with E-state index in [9.17, 15) is 19.2 Å². The van der Waals surface area contributed by atoms with Crippen molar-refractivity contribution in [3.63, 3.8) is 0 Å². The van der Waals surface area contributed by atoms with Crippen LogP contribution in [0.15, 0.2) is 18.2 Å². The summed E-state index contributed by atoms with van der Waals surface area (Å²) in [6.07, 6.45) is 8.44. The standard InChI is InChI=1S/C23H32N4O4/c24-12-6-4-2-1-3-5-7-13-25-21(29)16-8-9-18-17(14-16)15-27(23(18)31)19-10-11-20(28)26-22(19)30/h8-9,14,19H,1-7,10-13,15,24H2,(H,25,29)(H,26,28,30). The van der Waals surface area contributed by atoms with Crippen molar-refractivity contribution >= 4 is 23.6 Å². The van der Waals surface area contributed by atoms with Crippen LogP contribution in [0.1, 0.15) is 84.1 Å². The van der Waals surface area contributed by atoms with Crippen molar-refractivity contribution in [2.45, 2.75) is 70.4 Å². The van der Waals surface area contributed by atoms with Crippen LogP contribution in [0.2, 0.25) is 0 Å². The van der Waals surface area contributed by atoms with Crippen molar-refractivity contribution in [1.82, 2.24) is 15.5 Å². The minimum absolute atomic E-state index is 0.155. The Morgan fingerprint density at radius 3 is 2.48 bits per heavy atom. The molecule has 0 spiro atoms. The first-order valence-corrected chi connectivity index (χ1v) is 11.3. The lowest BCUT2D eigenvalue weighted by Crippen LogP contribution is -2.52. The van der Waals surface area contributed by atoms with E-state index in [1.54, 1.807) is 18.2 Å². The second kappa shape index (κ2) is 11.0. The lowest BCUT2D eigenvalue weighted by molar-refractivity contribution is -0.136. The molecule has 0 aromatic heterocycles. The molecule has 31 heavy (non-hydrogen) atoms. The van der Waals surface area contributed by atoms with Crippen LogP contribution in [-0.4, -0.2) is 47.7 Å². The van der Waals surface area contributed by atoms with E-state index in [0.29, 0.717) is 24.1 Å². The quantitative estimate of drug-likeness (QED) is 0.367. The predicted molar refractivity (Wildman–Crippen MR) is 116 cm³/mol. The molecule has 4 amide bonds. The van der Waals surface area contributed by atoms with E-state index in [0.717, 1.165) is 37.8 Å². The van der Waals surface area contributed by atoms with E-state index in [4.69, 9.17) is 5.73 Å². The second-order valence-corrected chi connectivity index (χ2v) is 8.29. The van der Waals surface area contributed by atoms with Gasteiger partial charge in [0.05, 0.1) is 0 Å². The van der Waals surface area contributed by atoms with Gasteiger partial charge in [0.2, 0.25) is 11.8 Å². The Balaban J connectivity index is 1.46. The summed E-state index contributed by atoms with van der Waals surface area (Å²) in [7, 11) is 0. The molecule has 8 nitrogen and oxygen atoms in total. The molecule has 0 radical (unpaired) electrons. The highest BCUT2D eigenvalue weighted by molar-refractivity contribution is 6.06. The maximum atomic E-state index is 12.7. The Hall–Kier alpha value is -2.74. The molecule has 1 saturated heterocycles. The van der Waals surface area contributed by atoms with Crippen molar-refractivity contribution < 1.29 is 19.2 Å². The van der Waals surface area contributed by atoms with Gasteiger partial charge in [0.25, 0.3) is 11.8 Å². The summed E-state index contributed by atoms with van der Waals surface area (Å²) in [5, 5.41) is 5.24. The lowest BCUT2D eigenvalue weighted by atomic mass is 10.0. The maximum absolute atomic E-state index is 12.7. The van der Waals surface area contributed by atoms with Gasteiger partial charge in [0.15, 0.2) is 0 Å². The van der Waals surface area contributed by atoms with Crippen LogP contribution in [0.3, 0.4) is 0 Å². The SMILES string of the molecule is NCCCCCCCCCNC(=O)c1ccc2c(c1)CN(C1CCC(=O)NC1=O)C2=O. The summed E-state index contributed by atoms with van der Waals surface area (Å²) in [6.45, 7) is 1.66. The average molecular weight is 429 g/mol. The van der Waals surface area contributed by atoms with Crippen LogP contribution >= 0.6 is 0 Å². The highest BCUT2D eigenvalue weighted by Gasteiger charge is 2.39. The molecule has 168 valence electrons. The van der Waals surface area contributed by atoms with Crippen LogP contribution in [0, 0.1) is 0 Å². The first kappa shape index (κ1) is 22.9. The Kier molecular flexibility index (Phi) is 8.17. The van der Waals surface area contributed by atoms with Gasteiger partial charge < -0.3 is 16.0 Å². The van der Waals surface area contributed by atoms with Gasteiger partial charge in [0, 0.05) is 30.6 Å². The molecule has 3 rings (SSSR count). The zero-order chi connectivity index (χ0) is 22.2. The Labute approximate surface area is 182 Å². The highest BCUT2D eigenvalue weighted by atomic mass is 16.2. The van der Waals surface area contributed by atoms with Gasteiger partial charge >= 0.3 is 0 Å². The van der Waals surface area contributed by atoms with Crippen LogP contribution in [-0.2, 0) is 16.1 Å². The fourth-order valence-corrected chi connectivity index (χ4v) is 4.17. The number of hydrogen-bond donors (Lipinski definition) is 3. The molecule has 4 N–H and O–H groups in total. The highest BCUT2D eigenvalue weighted by Crippen LogP contribution is 2.28. The summed E-state index contributed by atoms with van der Waals surface area (Å²) in [4.78, 5) is 50.2. The number of nitrogens with one attached hydrogen (secondary N) is 2. The van der Waals surface area contributed by atoms with Gasteiger partial charge in [0.1, 0.15) is 6.04 Å². The summed E-state index contributed by atoms with van der Waals surface area (Å²) in [5.41, 5.74) is 7.25. The molecule has 2 aliphatic heterocycles. The van der Waals surface area contributed by atoms with E-state index in [1.165, 1.54) is 24.2 Å². The van der Waals surface area contributed by atoms with E-state index in [2.05, 4.69) is 10.6 Å². The number of nitrogens with two attached hydrogens (primary N) is 1. The first-order valence-electron chi connectivity index (χ1n) is 11.3. The molecule has 8 heteroatoms. The summed E-state index contributed by atoms with van der Waals surface area (Å²) >= 11 is 0. The second-order valence-electron chi connectivity index (χ2n) is 8.29. The lowest BCUT2D eigenvalue weighted by Gasteiger charge is -2.29. The third-order valence-electron chi connectivity index (χ3n) is 5.95. The number of carbonyl (C=O) groups excluding carboxylic acids is 4. The van der Waals surface area contributed by atoms with Gasteiger partial charge in [-0.1, -0.05) is 32.1 Å². The molecule has 1 aromatic carbocycles. The number of amides is 4. The molecular weight excluding hydrogens is 396 g/mol. The van der Waals surface area contributed by atoms with Crippen LogP contribution in [0.25, 0.3) is 0 Å². The van der Waals surface area contributed by atoms with Gasteiger partial charge in [-0.3, -0.25) is 24.5 Å². The fourth-order valence-electron chi connectivity index (χ4n) is 4.17. The Morgan fingerprint density at radius 2 is 1.77 bits per heavy atom. The summed E-state index contributed by atoms with van der Waals surface area (Å²) < 4.78 is 0. The van der Waals surface area contributed by atoms with E-state index in [-0.39, 0.29) is 30.7 Å². The van der Waals surface area contributed by atoms with Crippen LogP contribution in [0.4, 0.5) is 0 Å². The molecule has 2 heterocycles. The number of imide groups is 1. The minimum Gasteiger partial charge on any atom is -0.352 e. The van der Waals surface area contributed by atoms with Gasteiger partial charge in [-0.25, -0.2) is 0 Å². The number of piperidine rings is 1. The number of nitrogens with zero attached hydrogens (tertiary/aromatic N) is 1. The molecule has 1 atom stereocenters. The molecule has 0 aliphatic carbocycles. The first-order chi connectivity index (χ1) is 15.0. The van der Waals surface area contributed by atoms with E-state index < -0.39 is 11.9 Å².